The van der Waals surface area contributed by atoms with E-state index in [-0.39, 0.29) is 6.04 Å². The van der Waals surface area contributed by atoms with Crippen molar-refractivity contribution in [3.05, 3.63) is 181 Å². The molecule has 10 rings (SSSR count). The molecule has 0 spiro atoms. The lowest BCUT2D eigenvalue weighted by Crippen LogP contribution is -2.30. The van der Waals surface area contributed by atoms with Crippen LogP contribution >= 0.6 is 0 Å². The molecule has 0 bridgehead atoms. The summed E-state index contributed by atoms with van der Waals surface area (Å²) in [4.78, 5) is 5.13. The van der Waals surface area contributed by atoms with Crippen molar-refractivity contribution in [3.8, 4) is 16.9 Å². The van der Waals surface area contributed by atoms with Crippen LogP contribution in [0.5, 0.6) is 0 Å². The van der Waals surface area contributed by atoms with E-state index in [2.05, 4.69) is 172 Å². The number of nitrogens with one attached hydrogen (secondary N) is 3. The second-order valence-corrected chi connectivity index (χ2v) is 13.3. The molecule has 3 aliphatic heterocycles. The van der Waals surface area contributed by atoms with Gasteiger partial charge >= 0.3 is 0 Å². The largest absolute Gasteiger partial charge is 0.387 e. The molecule has 5 nitrogen and oxygen atoms in total. The van der Waals surface area contributed by atoms with Gasteiger partial charge in [-0.3, -0.25) is 0 Å². The van der Waals surface area contributed by atoms with Gasteiger partial charge in [-0.05, 0) is 99.9 Å². The summed E-state index contributed by atoms with van der Waals surface area (Å²) in [7, 11) is 0. The SMILES string of the molecule is C1=CC(C2=CCNC=C2)NC(c2ccc3c(ccc4c5ccc(-c6cccc(C7=CCNC=C7)n6)cc5n(-c5ccc6ccccc6c5)c34)c2)=C1. The molecule has 5 aromatic carbocycles. The first-order valence-electron chi connectivity index (χ1n) is 17.6. The normalized spacial score (nSPS) is 16.9. The Morgan fingerprint density at radius 2 is 1.43 bits per heavy atom. The first-order chi connectivity index (χ1) is 25.3. The topological polar surface area (TPSA) is 53.9 Å². The van der Waals surface area contributed by atoms with Crippen molar-refractivity contribution in [2.45, 2.75) is 6.04 Å². The fourth-order valence-electron chi connectivity index (χ4n) is 7.75. The number of fused-ring (bicyclic) bond motifs is 6. The van der Waals surface area contributed by atoms with Crippen molar-refractivity contribution in [2.24, 2.45) is 0 Å². The molecule has 3 aliphatic rings. The van der Waals surface area contributed by atoms with Crippen LogP contribution in [-0.2, 0) is 0 Å². The Morgan fingerprint density at radius 1 is 0.627 bits per heavy atom. The molecule has 0 saturated carbocycles. The van der Waals surface area contributed by atoms with Gasteiger partial charge in [0.25, 0.3) is 0 Å². The molecule has 3 N–H and O–H groups in total. The predicted molar refractivity (Wildman–Crippen MR) is 213 cm³/mol. The lowest BCUT2D eigenvalue weighted by Gasteiger charge is -2.24. The highest BCUT2D eigenvalue weighted by molar-refractivity contribution is 6.19. The summed E-state index contributed by atoms with van der Waals surface area (Å²) in [6.45, 7) is 1.66. The molecule has 2 aromatic heterocycles. The fourth-order valence-corrected chi connectivity index (χ4v) is 7.75. The van der Waals surface area contributed by atoms with Crippen LogP contribution in [0.3, 0.4) is 0 Å². The molecular weight excluding hydrogens is 623 g/mol. The summed E-state index contributed by atoms with van der Waals surface area (Å²) in [6, 6.07) is 40.1. The third-order valence-electron chi connectivity index (χ3n) is 10.3. The van der Waals surface area contributed by atoms with Crippen molar-refractivity contribution in [2.75, 3.05) is 13.1 Å². The average Bonchev–Trinajstić information content (AvgIpc) is 3.55. The van der Waals surface area contributed by atoms with E-state index < -0.39 is 0 Å². The Labute approximate surface area is 296 Å². The highest BCUT2D eigenvalue weighted by Gasteiger charge is 2.19. The van der Waals surface area contributed by atoms with Crippen LogP contribution in [-0.4, -0.2) is 28.7 Å². The van der Waals surface area contributed by atoms with Crippen molar-refractivity contribution in [3.63, 3.8) is 0 Å². The summed E-state index contributed by atoms with van der Waals surface area (Å²) in [5.41, 5.74) is 11.3. The Morgan fingerprint density at radius 3 is 2.31 bits per heavy atom. The monoisotopic (exact) mass is 657 g/mol. The minimum Gasteiger partial charge on any atom is -0.387 e. The highest BCUT2D eigenvalue weighted by atomic mass is 15.0. The van der Waals surface area contributed by atoms with E-state index in [1.807, 2.05) is 12.4 Å². The second-order valence-electron chi connectivity index (χ2n) is 13.3. The van der Waals surface area contributed by atoms with Crippen LogP contribution in [0.2, 0.25) is 0 Å². The van der Waals surface area contributed by atoms with Gasteiger partial charge in [-0.2, -0.15) is 0 Å². The van der Waals surface area contributed by atoms with Crippen LogP contribution in [0.15, 0.2) is 170 Å². The molecule has 244 valence electrons. The molecule has 0 fully saturated rings. The third-order valence-corrected chi connectivity index (χ3v) is 10.3. The van der Waals surface area contributed by atoms with Crippen molar-refractivity contribution in [1.29, 1.82) is 0 Å². The van der Waals surface area contributed by atoms with E-state index >= 15 is 0 Å². The standard InChI is InChI=1S/C46H35N5/c1-2-6-33-28-37(15-11-30(33)5-1)51-45-29-36(44-10-4-8-42(50-44)32-21-25-48-26-22-32)14-17-39(45)40-18-12-34-27-35(13-16-38(34)46(40)51)43-9-3-7-41(49-43)31-19-23-47-24-20-31/h1-23,25,27-29,41,47-49H,24,26H2. The summed E-state index contributed by atoms with van der Waals surface area (Å²) in [6.07, 6.45) is 19.3. The zero-order valence-electron chi connectivity index (χ0n) is 28.0. The zero-order chi connectivity index (χ0) is 33.7. The van der Waals surface area contributed by atoms with E-state index in [1.54, 1.807) is 0 Å². The maximum absolute atomic E-state index is 5.13. The molecule has 0 radical (unpaired) electrons. The number of aromatic nitrogens is 2. The minimum absolute atomic E-state index is 0.147. The van der Waals surface area contributed by atoms with E-state index in [1.165, 1.54) is 49.0 Å². The number of rotatable bonds is 5. The van der Waals surface area contributed by atoms with Crippen LogP contribution in [0.1, 0.15) is 11.3 Å². The number of allylic oxidation sites excluding steroid dienone is 4. The van der Waals surface area contributed by atoms with E-state index in [4.69, 9.17) is 4.98 Å². The fraction of sp³-hybridized carbons (Fsp3) is 0.0652. The third kappa shape index (κ3) is 5.13. The number of nitrogens with zero attached hydrogens (tertiary/aromatic N) is 2. The van der Waals surface area contributed by atoms with Crippen LogP contribution in [0.4, 0.5) is 0 Å². The van der Waals surface area contributed by atoms with Gasteiger partial charge in [0, 0.05) is 46.2 Å². The highest BCUT2D eigenvalue weighted by Crippen LogP contribution is 2.39. The lowest BCUT2D eigenvalue weighted by molar-refractivity contribution is 0.800. The first-order valence-corrected chi connectivity index (χ1v) is 17.6. The predicted octanol–water partition coefficient (Wildman–Crippen LogP) is 9.56. The maximum Gasteiger partial charge on any atom is 0.0710 e. The Kier molecular flexibility index (Phi) is 6.95. The maximum atomic E-state index is 5.13. The molecule has 5 heterocycles. The van der Waals surface area contributed by atoms with Crippen molar-refractivity contribution >= 4 is 54.6 Å². The van der Waals surface area contributed by atoms with Gasteiger partial charge in [0.1, 0.15) is 0 Å². The zero-order valence-corrected chi connectivity index (χ0v) is 28.0. The number of benzene rings is 5. The van der Waals surface area contributed by atoms with Gasteiger partial charge in [-0.1, -0.05) is 97.1 Å². The lowest BCUT2D eigenvalue weighted by atomic mass is 9.98. The summed E-state index contributed by atoms with van der Waals surface area (Å²) in [5.74, 6) is 0. The van der Waals surface area contributed by atoms with Gasteiger partial charge < -0.3 is 20.5 Å². The van der Waals surface area contributed by atoms with Gasteiger partial charge in [0.15, 0.2) is 0 Å². The molecular formula is C46H35N5. The summed E-state index contributed by atoms with van der Waals surface area (Å²) in [5, 5.41) is 17.6. The van der Waals surface area contributed by atoms with Crippen molar-refractivity contribution in [1.82, 2.24) is 25.5 Å². The van der Waals surface area contributed by atoms with Gasteiger partial charge in [0.2, 0.25) is 0 Å². The number of pyridine rings is 1. The molecule has 0 saturated heterocycles. The number of hydrogen-bond acceptors (Lipinski definition) is 4. The first kappa shape index (κ1) is 29.3. The number of dihydropyridines is 3. The molecule has 0 aliphatic carbocycles. The van der Waals surface area contributed by atoms with Crippen LogP contribution in [0.25, 0.3) is 71.6 Å². The smallest absolute Gasteiger partial charge is 0.0710 e. The molecule has 1 unspecified atom stereocenters. The van der Waals surface area contributed by atoms with E-state index in [9.17, 15) is 0 Å². The summed E-state index contributed by atoms with van der Waals surface area (Å²) >= 11 is 0. The Bertz CT molecular complexity index is 2730. The Balaban J connectivity index is 1.15. The molecule has 1 atom stereocenters. The molecule has 7 aromatic rings. The quantitative estimate of drug-likeness (QED) is 0.173. The average molecular weight is 658 g/mol. The summed E-state index contributed by atoms with van der Waals surface area (Å²) < 4.78 is 2.46. The minimum atomic E-state index is 0.147. The Hall–Kier alpha value is -6.59. The molecule has 51 heavy (non-hydrogen) atoms. The van der Waals surface area contributed by atoms with E-state index in [0.717, 1.165) is 52.5 Å². The second kappa shape index (κ2) is 12.1. The molecule has 0 amide bonds. The van der Waals surface area contributed by atoms with E-state index in [0.29, 0.717) is 0 Å². The van der Waals surface area contributed by atoms with Crippen LogP contribution < -0.4 is 16.0 Å². The van der Waals surface area contributed by atoms with Gasteiger partial charge in [0.05, 0.1) is 28.5 Å². The van der Waals surface area contributed by atoms with Crippen LogP contribution in [0, 0.1) is 0 Å². The van der Waals surface area contributed by atoms with Gasteiger partial charge in [-0.15, -0.1) is 0 Å². The molecule has 5 heteroatoms. The van der Waals surface area contributed by atoms with Crippen molar-refractivity contribution < 1.29 is 0 Å². The van der Waals surface area contributed by atoms with Gasteiger partial charge in [-0.25, -0.2) is 4.98 Å². The number of hydrogen-bond donors (Lipinski definition) is 3.